The Labute approximate surface area is 178 Å². The molecular weight excluding hydrogens is 414 g/mol. The number of nitrogens with zero attached hydrogens (tertiary/aromatic N) is 2. The zero-order chi connectivity index (χ0) is 19.6. The largest absolute Gasteiger partial charge is 0.364 e. The second-order valence-corrected chi connectivity index (χ2v) is 9.84. The number of aromatic nitrogens is 1. The molecule has 27 heavy (non-hydrogen) atoms. The molecule has 0 bridgehead atoms. The number of thiocarbonyl (C=S) groups is 1. The van der Waals surface area contributed by atoms with Crippen LogP contribution in [0.15, 0.2) is 22.5 Å². The van der Waals surface area contributed by atoms with Crippen molar-refractivity contribution in [2.45, 2.75) is 30.5 Å². The Hall–Kier alpha value is -1.27. The molecule has 1 N–H and O–H groups in total. The van der Waals surface area contributed by atoms with E-state index in [4.69, 9.17) is 12.2 Å². The van der Waals surface area contributed by atoms with Gasteiger partial charge in [0.1, 0.15) is 4.32 Å². The molecule has 1 amide bonds. The van der Waals surface area contributed by atoms with Crippen LogP contribution in [0.2, 0.25) is 0 Å². The summed E-state index contributed by atoms with van der Waals surface area (Å²) < 4.78 is 2.81. The van der Waals surface area contributed by atoms with E-state index in [1.165, 1.54) is 11.8 Å². The summed E-state index contributed by atoms with van der Waals surface area (Å²) in [6, 6.07) is 5.81. The zero-order valence-electron chi connectivity index (χ0n) is 15.7. The number of thioether (sulfide) groups is 2. The number of hydrogen-bond acceptors (Lipinski definition) is 6. The first-order chi connectivity index (χ1) is 13.0. The number of unbranched alkanes of at least 4 members (excludes halogenated alkanes) is 1. The number of benzene rings is 1. The highest BCUT2D eigenvalue weighted by Gasteiger charge is 2.09. The van der Waals surface area contributed by atoms with E-state index in [0.29, 0.717) is 10.1 Å². The Morgan fingerprint density at radius 1 is 1.33 bits per heavy atom. The van der Waals surface area contributed by atoms with Gasteiger partial charge in [0.05, 0.1) is 16.0 Å². The minimum absolute atomic E-state index is 0.0617. The summed E-state index contributed by atoms with van der Waals surface area (Å²) >= 11 is 9.92. The van der Waals surface area contributed by atoms with Crippen LogP contribution in [0.5, 0.6) is 0 Å². The van der Waals surface area contributed by atoms with E-state index in [-0.39, 0.29) is 5.91 Å². The lowest BCUT2D eigenvalue weighted by Crippen LogP contribution is -2.20. The van der Waals surface area contributed by atoms with E-state index in [0.717, 1.165) is 45.3 Å². The monoisotopic (exact) mass is 437 g/mol. The molecule has 0 spiro atoms. The first-order valence-corrected chi connectivity index (χ1v) is 11.8. The fourth-order valence-electron chi connectivity index (χ4n) is 1.99. The SMILES string of the molecule is CCCC#CCCSc1nc2ccc(NC(=O)CSC(=S)N(C)C)cc2s1. The van der Waals surface area contributed by atoms with Gasteiger partial charge >= 0.3 is 0 Å². The van der Waals surface area contributed by atoms with Crippen molar-refractivity contribution in [2.24, 2.45) is 0 Å². The van der Waals surface area contributed by atoms with Crippen molar-refractivity contribution in [1.29, 1.82) is 0 Å². The summed E-state index contributed by atoms with van der Waals surface area (Å²) in [6.45, 7) is 2.14. The molecule has 0 radical (unpaired) electrons. The van der Waals surface area contributed by atoms with Crippen LogP contribution in [-0.4, -0.2) is 45.7 Å². The molecule has 144 valence electrons. The molecule has 0 atom stereocenters. The van der Waals surface area contributed by atoms with Crippen LogP contribution in [0, 0.1) is 11.8 Å². The molecule has 2 rings (SSSR count). The van der Waals surface area contributed by atoms with Crippen molar-refractivity contribution in [3.05, 3.63) is 18.2 Å². The topological polar surface area (TPSA) is 45.2 Å². The third kappa shape index (κ3) is 7.70. The summed E-state index contributed by atoms with van der Waals surface area (Å²) in [5.74, 6) is 7.55. The van der Waals surface area contributed by atoms with E-state index < -0.39 is 0 Å². The first kappa shape index (κ1) is 22.0. The van der Waals surface area contributed by atoms with Crippen molar-refractivity contribution >= 4 is 73.2 Å². The lowest BCUT2D eigenvalue weighted by Gasteiger charge is -2.12. The Morgan fingerprint density at radius 2 is 2.11 bits per heavy atom. The van der Waals surface area contributed by atoms with Crippen molar-refractivity contribution in [3.63, 3.8) is 0 Å². The van der Waals surface area contributed by atoms with Gasteiger partial charge < -0.3 is 10.2 Å². The summed E-state index contributed by atoms with van der Waals surface area (Å²) in [7, 11) is 3.75. The molecule has 4 nitrogen and oxygen atoms in total. The van der Waals surface area contributed by atoms with Crippen molar-refractivity contribution in [2.75, 3.05) is 30.9 Å². The Kier molecular flexibility index (Phi) is 9.42. The van der Waals surface area contributed by atoms with Crippen molar-refractivity contribution in [3.8, 4) is 11.8 Å². The van der Waals surface area contributed by atoms with Gasteiger partial charge in [0.2, 0.25) is 5.91 Å². The Balaban J connectivity index is 1.88. The zero-order valence-corrected chi connectivity index (χ0v) is 19.0. The van der Waals surface area contributed by atoms with Gasteiger partial charge in [-0.1, -0.05) is 42.7 Å². The summed E-state index contributed by atoms with van der Waals surface area (Å²) in [4.78, 5) is 18.6. The lowest BCUT2D eigenvalue weighted by molar-refractivity contribution is -0.113. The van der Waals surface area contributed by atoms with Gasteiger partial charge in [-0.15, -0.1) is 23.2 Å². The van der Waals surface area contributed by atoms with Gasteiger partial charge in [-0.2, -0.15) is 0 Å². The fraction of sp³-hybridized carbons (Fsp3) is 0.421. The van der Waals surface area contributed by atoms with Gasteiger partial charge in [0.15, 0.2) is 4.34 Å². The molecule has 0 aliphatic heterocycles. The maximum absolute atomic E-state index is 12.1. The third-order valence-corrected chi connectivity index (χ3v) is 7.20. The van der Waals surface area contributed by atoms with Crippen LogP contribution in [0.4, 0.5) is 5.69 Å². The molecule has 0 aliphatic rings. The third-order valence-electron chi connectivity index (χ3n) is 3.30. The number of carbonyl (C=O) groups is 1. The molecule has 0 aliphatic carbocycles. The molecule has 8 heteroatoms. The van der Waals surface area contributed by atoms with Crippen LogP contribution in [0.25, 0.3) is 10.2 Å². The number of hydrogen-bond donors (Lipinski definition) is 1. The lowest BCUT2D eigenvalue weighted by atomic mass is 10.3. The molecule has 1 aromatic carbocycles. The molecule has 1 aromatic heterocycles. The maximum Gasteiger partial charge on any atom is 0.234 e. The molecule has 0 unspecified atom stereocenters. The predicted molar refractivity (Wildman–Crippen MR) is 125 cm³/mol. The highest BCUT2D eigenvalue weighted by molar-refractivity contribution is 8.23. The first-order valence-electron chi connectivity index (χ1n) is 8.62. The van der Waals surface area contributed by atoms with Crippen molar-refractivity contribution in [1.82, 2.24) is 9.88 Å². The highest BCUT2D eigenvalue weighted by Crippen LogP contribution is 2.31. The quantitative estimate of drug-likeness (QED) is 0.281. The number of anilines is 1. The van der Waals surface area contributed by atoms with Crippen LogP contribution in [0.1, 0.15) is 26.2 Å². The molecule has 0 saturated heterocycles. The second kappa shape index (κ2) is 11.5. The van der Waals surface area contributed by atoms with Gasteiger partial charge in [-0.25, -0.2) is 4.98 Å². The van der Waals surface area contributed by atoms with Crippen LogP contribution in [-0.2, 0) is 4.79 Å². The molecule has 1 heterocycles. The smallest absolute Gasteiger partial charge is 0.234 e. The fourth-order valence-corrected chi connectivity index (χ4v) is 4.78. The average Bonchev–Trinajstić information content (AvgIpc) is 3.04. The minimum Gasteiger partial charge on any atom is -0.364 e. The van der Waals surface area contributed by atoms with E-state index in [2.05, 4.69) is 29.1 Å². The number of amides is 1. The number of nitrogens with one attached hydrogen (secondary N) is 1. The van der Waals surface area contributed by atoms with E-state index >= 15 is 0 Å². The second-order valence-electron chi connectivity index (χ2n) is 5.86. The van der Waals surface area contributed by atoms with Crippen LogP contribution < -0.4 is 5.32 Å². The van der Waals surface area contributed by atoms with Crippen LogP contribution >= 0.6 is 47.1 Å². The van der Waals surface area contributed by atoms with E-state index in [1.54, 1.807) is 23.1 Å². The summed E-state index contributed by atoms with van der Waals surface area (Å²) in [5.41, 5.74) is 1.75. The van der Waals surface area contributed by atoms with Gasteiger partial charge in [-0.3, -0.25) is 4.79 Å². The number of fused-ring (bicyclic) bond motifs is 1. The number of rotatable bonds is 7. The maximum atomic E-state index is 12.1. The summed E-state index contributed by atoms with van der Waals surface area (Å²) in [6.07, 6.45) is 2.96. The Bertz CT molecular complexity index is 851. The van der Waals surface area contributed by atoms with Gasteiger partial charge in [-0.05, 0) is 24.6 Å². The molecule has 2 aromatic rings. The number of carbonyl (C=O) groups excluding carboxylic acids is 1. The highest BCUT2D eigenvalue weighted by atomic mass is 32.2. The molecule has 0 fully saturated rings. The minimum atomic E-state index is -0.0617. The standard InChI is InChI=1S/C19H23N3OS4/c1-4-5-6-7-8-11-25-18-21-15-10-9-14(12-16(15)27-18)20-17(23)13-26-19(24)22(2)3/h9-10,12H,4-5,8,11,13H2,1-3H3,(H,20,23). The van der Waals surface area contributed by atoms with Crippen LogP contribution in [0.3, 0.4) is 0 Å². The molecular formula is C19H23N3OS4. The van der Waals surface area contributed by atoms with Gasteiger partial charge in [0.25, 0.3) is 0 Å². The Morgan fingerprint density at radius 3 is 2.85 bits per heavy atom. The van der Waals surface area contributed by atoms with E-state index in [1.807, 2.05) is 37.2 Å². The number of thiazole rings is 1. The van der Waals surface area contributed by atoms with Gasteiger partial charge in [0, 0.05) is 38.4 Å². The summed E-state index contributed by atoms with van der Waals surface area (Å²) in [5, 5.41) is 2.93. The predicted octanol–water partition coefficient (Wildman–Crippen LogP) is 5.10. The normalized spacial score (nSPS) is 10.3. The van der Waals surface area contributed by atoms with E-state index in [9.17, 15) is 4.79 Å². The average molecular weight is 438 g/mol. The molecule has 0 saturated carbocycles. The van der Waals surface area contributed by atoms with Crippen molar-refractivity contribution < 1.29 is 4.79 Å².